The lowest BCUT2D eigenvalue weighted by atomic mass is 9.88. The van der Waals surface area contributed by atoms with E-state index < -0.39 is 5.54 Å². The molecule has 118 valence electrons. The van der Waals surface area contributed by atoms with Crippen molar-refractivity contribution in [2.24, 2.45) is 5.92 Å². The van der Waals surface area contributed by atoms with Crippen LogP contribution < -0.4 is 5.32 Å². The fraction of sp³-hybridized carbons (Fsp3) is 0.938. The van der Waals surface area contributed by atoms with Gasteiger partial charge in [0.05, 0.1) is 13.2 Å². The Morgan fingerprint density at radius 1 is 1.40 bits per heavy atom. The number of ether oxygens (including phenoxy) is 2. The van der Waals surface area contributed by atoms with Gasteiger partial charge in [-0.2, -0.15) is 0 Å². The van der Waals surface area contributed by atoms with Crippen molar-refractivity contribution < 1.29 is 14.3 Å². The molecule has 0 radical (unpaired) electrons. The van der Waals surface area contributed by atoms with Crippen LogP contribution in [-0.2, 0) is 14.3 Å². The highest BCUT2D eigenvalue weighted by molar-refractivity contribution is 5.80. The Morgan fingerprint density at radius 2 is 2.15 bits per heavy atom. The Hall–Kier alpha value is -0.610. The lowest BCUT2D eigenvalue weighted by molar-refractivity contribution is -0.148. The molecule has 1 saturated carbocycles. The van der Waals surface area contributed by atoms with Crippen molar-refractivity contribution in [1.82, 2.24) is 5.32 Å². The fourth-order valence-electron chi connectivity index (χ4n) is 3.08. The summed E-state index contributed by atoms with van der Waals surface area (Å²) in [7, 11) is 1.44. The molecule has 4 heteroatoms. The summed E-state index contributed by atoms with van der Waals surface area (Å²) in [6.45, 7) is 7.70. The quantitative estimate of drug-likeness (QED) is 0.550. The number of hydrogen-bond acceptors (Lipinski definition) is 4. The standard InChI is InChI=1S/C16H31NO3/c1-5-17-16(3,15(18)19-4)10-7-11-20-14-9-6-8-13(2)12-14/h13-14,17H,5-12H2,1-4H3. The van der Waals surface area contributed by atoms with Crippen molar-refractivity contribution in [3.63, 3.8) is 0 Å². The highest BCUT2D eigenvalue weighted by Crippen LogP contribution is 2.26. The number of nitrogens with one attached hydrogen (secondary N) is 1. The summed E-state index contributed by atoms with van der Waals surface area (Å²) in [5, 5.41) is 3.23. The van der Waals surface area contributed by atoms with Crippen molar-refractivity contribution in [3.05, 3.63) is 0 Å². The highest BCUT2D eigenvalue weighted by atomic mass is 16.5. The maximum absolute atomic E-state index is 11.8. The molecule has 1 N–H and O–H groups in total. The SMILES string of the molecule is CCNC(C)(CCCOC1CCCC(C)C1)C(=O)OC. The molecule has 3 unspecified atom stereocenters. The molecule has 0 aromatic rings. The second-order valence-electron chi connectivity index (χ2n) is 6.22. The van der Waals surface area contributed by atoms with Crippen molar-refractivity contribution in [1.29, 1.82) is 0 Å². The van der Waals surface area contributed by atoms with Crippen LogP contribution in [-0.4, -0.2) is 37.9 Å². The van der Waals surface area contributed by atoms with Gasteiger partial charge in [-0.3, -0.25) is 4.79 Å². The number of hydrogen-bond donors (Lipinski definition) is 1. The molecule has 3 atom stereocenters. The highest BCUT2D eigenvalue weighted by Gasteiger charge is 2.32. The van der Waals surface area contributed by atoms with Gasteiger partial charge in [-0.05, 0) is 45.1 Å². The molecule has 1 aliphatic carbocycles. The summed E-state index contributed by atoms with van der Waals surface area (Å²) < 4.78 is 10.8. The van der Waals surface area contributed by atoms with E-state index in [0.717, 1.165) is 31.9 Å². The molecule has 0 aliphatic heterocycles. The molecule has 1 fully saturated rings. The van der Waals surface area contributed by atoms with Crippen LogP contribution in [0.1, 0.15) is 59.3 Å². The van der Waals surface area contributed by atoms with E-state index in [1.165, 1.54) is 32.8 Å². The molecular formula is C16H31NO3. The van der Waals surface area contributed by atoms with E-state index in [-0.39, 0.29) is 5.97 Å². The Morgan fingerprint density at radius 3 is 2.75 bits per heavy atom. The number of carbonyl (C=O) groups excluding carboxylic acids is 1. The Kier molecular flexibility index (Phi) is 7.52. The van der Waals surface area contributed by atoms with Crippen molar-refractivity contribution in [3.8, 4) is 0 Å². The smallest absolute Gasteiger partial charge is 0.325 e. The predicted molar refractivity (Wildman–Crippen MR) is 80.7 cm³/mol. The zero-order chi connectivity index (χ0) is 15.0. The minimum Gasteiger partial charge on any atom is -0.468 e. The van der Waals surface area contributed by atoms with Crippen LogP contribution in [0.5, 0.6) is 0 Å². The zero-order valence-corrected chi connectivity index (χ0v) is 13.5. The van der Waals surface area contributed by atoms with E-state index in [2.05, 4.69) is 12.2 Å². The molecule has 0 saturated heterocycles. The van der Waals surface area contributed by atoms with Crippen LogP contribution in [0.25, 0.3) is 0 Å². The molecule has 0 amide bonds. The minimum atomic E-state index is -0.591. The van der Waals surface area contributed by atoms with Gasteiger partial charge in [0, 0.05) is 6.61 Å². The average Bonchev–Trinajstić information content (AvgIpc) is 2.43. The maximum Gasteiger partial charge on any atom is 0.325 e. The van der Waals surface area contributed by atoms with Gasteiger partial charge in [0.25, 0.3) is 0 Å². The van der Waals surface area contributed by atoms with Gasteiger partial charge in [0.15, 0.2) is 0 Å². The molecule has 1 aliphatic rings. The molecule has 0 aromatic carbocycles. The Bertz CT molecular complexity index is 295. The molecule has 1 rings (SSSR count). The van der Waals surface area contributed by atoms with Gasteiger partial charge >= 0.3 is 5.97 Å². The third kappa shape index (κ3) is 5.41. The van der Waals surface area contributed by atoms with Crippen LogP contribution in [0.3, 0.4) is 0 Å². The second kappa shape index (κ2) is 8.63. The number of methoxy groups -OCH3 is 1. The molecule has 0 bridgehead atoms. The van der Waals surface area contributed by atoms with E-state index in [1.807, 2.05) is 13.8 Å². The summed E-state index contributed by atoms with van der Waals surface area (Å²) in [6, 6.07) is 0. The van der Waals surface area contributed by atoms with E-state index >= 15 is 0 Å². The summed E-state index contributed by atoms with van der Waals surface area (Å²) >= 11 is 0. The first-order valence-corrected chi connectivity index (χ1v) is 7.97. The molecular weight excluding hydrogens is 254 g/mol. The third-order valence-electron chi connectivity index (χ3n) is 4.27. The van der Waals surface area contributed by atoms with Gasteiger partial charge in [0.2, 0.25) is 0 Å². The molecule has 0 heterocycles. The molecule has 20 heavy (non-hydrogen) atoms. The van der Waals surface area contributed by atoms with Crippen LogP contribution in [0.2, 0.25) is 0 Å². The van der Waals surface area contributed by atoms with Crippen molar-refractivity contribution in [2.75, 3.05) is 20.3 Å². The zero-order valence-electron chi connectivity index (χ0n) is 13.5. The van der Waals surface area contributed by atoms with Crippen LogP contribution >= 0.6 is 0 Å². The third-order valence-corrected chi connectivity index (χ3v) is 4.27. The first-order valence-electron chi connectivity index (χ1n) is 7.97. The fourth-order valence-corrected chi connectivity index (χ4v) is 3.08. The first kappa shape index (κ1) is 17.4. The van der Waals surface area contributed by atoms with E-state index in [9.17, 15) is 4.79 Å². The lowest BCUT2D eigenvalue weighted by Crippen LogP contribution is -2.50. The van der Waals surface area contributed by atoms with Crippen molar-refractivity contribution in [2.45, 2.75) is 70.9 Å². The van der Waals surface area contributed by atoms with Crippen molar-refractivity contribution >= 4 is 5.97 Å². The Balaban J connectivity index is 2.28. The normalized spacial score (nSPS) is 26.0. The Labute approximate surface area is 123 Å². The van der Waals surface area contributed by atoms with Crippen LogP contribution in [0.15, 0.2) is 0 Å². The maximum atomic E-state index is 11.8. The molecule has 0 aromatic heterocycles. The second-order valence-corrected chi connectivity index (χ2v) is 6.22. The predicted octanol–water partition coefficient (Wildman–Crippen LogP) is 2.90. The topological polar surface area (TPSA) is 47.6 Å². The van der Waals surface area contributed by atoms with Gasteiger partial charge in [-0.25, -0.2) is 0 Å². The molecule has 0 spiro atoms. The van der Waals surface area contributed by atoms with Crippen LogP contribution in [0.4, 0.5) is 0 Å². The minimum absolute atomic E-state index is 0.189. The lowest BCUT2D eigenvalue weighted by Gasteiger charge is -2.29. The largest absolute Gasteiger partial charge is 0.468 e. The van der Waals surface area contributed by atoms with Gasteiger partial charge < -0.3 is 14.8 Å². The summed E-state index contributed by atoms with van der Waals surface area (Å²) in [5.74, 6) is 0.599. The summed E-state index contributed by atoms with van der Waals surface area (Å²) in [6.07, 6.45) is 7.03. The first-order chi connectivity index (χ1) is 9.51. The summed E-state index contributed by atoms with van der Waals surface area (Å²) in [4.78, 5) is 11.8. The van der Waals surface area contributed by atoms with E-state index in [4.69, 9.17) is 9.47 Å². The monoisotopic (exact) mass is 285 g/mol. The number of rotatable bonds is 8. The number of esters is 1. The van der Waals surface area contributed by atoms with E-state index in [0.29, 0.717) is 6.10 Å². The van der Waals surface area contributed by atoms with Gasteiger partial charge in [-0.1, -0.05) is 26.7 Å². The van der Waals surface area contributed by atoms with E-state index in [1.54, 1.807) is 0 Å². The number of carbonyl (C=O) groups is 1. The van der Waals surface area contributed by atoms with Crippen LogP contribution in [0, 0.1) is 5.92 Å². The van der Waals surface area contributed by atoms with Gasteiger partial charge in [-0.15, -0.1) is 0 Å². The molecule has 4 nitrogen and oxygen atoms in total. The summed E-state index contributed by atoms with van der Waals surface area (Å²) in [5.41, 5.74) is -0.591. The number of likely N-dealkylation sites (N-methyl/N-ethyl adjacent to an activating group) is 1. The average molecular weight is 285 g/mol. The van der Waals surface area contributed by atoms with Gasteiger partial charge in [0.1, 0.15) is 5.54 Å².